The standard InChI is InChI=1S/C15H21N3OS/c1-3-9-16-10-5-8-14-17-18-15(20-14)12-6-4-7-13(19)11(12)2/h4,6-7,16,19H,3,5,8-10H2,1-2H3. The SMILES string of the molecule is CCCNCCCc1nnc(-c2cccc(O)c2C)s1. The molecule has 2 N–H and O–H groups in total. The zero-order chi connectivity index (χ0) is 14.4. The van der Waals surface area contributed by atoms with Crippen molar-refractivity contribution in [1.82, 2.24) is 15.5 Å². The highest BCUT2D eigenvalue weighted by Crippen LogP contribution is 2.31. The van der Waals surface area contributed by atoms with Gasteiger partial charge in [0.1, 0.15) is 15.8 Å². The highest BCUT2D eigenvalue weighted by atomic mass is 32.1. The van der Waals surface area contributed by atoms with Crippen molar-refractivity contribution in [2.45, 2.75) is 33.1 Å². The first-order valence-electron chi connectivity index (χ1n) is 7.04. The van der Waals surface area contributed by atoms with E-state index in [1.54, 1.807) is 17.4 Å². The van der Waals surface area contributed by atoms with Gasteiger partial charge in [-0.3, -0.25) is 0 Å². The van der Waals surface area contributed by atoms with E-state index in [9.17, 15) is 5.11 Å². The van der Waals surface area contributed by atoms with Crippen LogP contribution in [0, 0.1) is 6.92 Å². The summed E-state index contributed by atoms with van der Waals surface area (Å²) in [4.78, 5) is 0. The molecule has 108 valence electrons. The zero-order valence-electron chi connectivity index (χ0n) is 12.0. The second-order valence-corrected chi connectivity index (χ2v) is 5.87. The van der Waals surface area contributed by atoms with Crippen molar-refractivity contribution in [1.29, 1.82) is 0 Å². The molecule has 0 spiro atoms. The van der Waals surface area contributed by atoms with Crippen molar-refractivity contribution in [3.8, 4) is 16.3 Å². The molecule has 0 aliphatic heterocycles. The summed E-state index contributed by atoms with van der Waals surface area (Å²) in [5, 5.41) is 23.5. The number of nitrogens with zero attached hydrogens (tertiary/aromatic N) is 2. The number of phenols is 1. The van der Waals surface area contributed by atoms with E-state index in [1.165, 1.54) is 6.42 Å². The number of phenolic OH excluding ortho intramolecular Hbond substituents is 1. The molecule has 0 fully saturated rings. The number of aromatic hydroxyl groups is 1. The molecule has 0 amide bonds. The smallest absolute Gasteiger partial charge is 0.148 e. The lowest BCUT2D eigenvalue weighted by Gasteiger charge is -2.03. The van der Waals surface area contributed by atoms with Gasteiger partial charge in [0.15, 0.2) is 0 Å². The van der Waals surface area contributed by atoms with Gasteiger partial charge in [0.2, 0.25) is 0 Å². The third-order valence-electron chi connectivity index (χ3n) is 3.17. The molecule has 1 aromatic carbocycles. The summed E-state index contributed by atoms with van der Waals surface area (Å²) in [6, 6.07) is 5.51. The molecular formula is C15H21N3OS. The Morgan fingerprint density at radius 2 is 2.10 bits per heavy atom. The first kappa shape index (κ1) is 14.9. The molecule has 2 aromatic rings. The average molecular weight is 291 g/mol. The van der Waals surface area contributed by atoms with E-state index in [2.05, 4.69) is 22.4 Å². The summed E-state index contributed by atoms with van der Waals surface area (Å²) in [5.41, 5.74) is 1.83. The van der Waals surface area contributed by atoms with E-state index in [0.717, 1.165) is 47.1 Å². The number of hydrogen-bond donors (Lipinski definition) is 2. The molecule has 1 heterocycles. The number of nitrogens with one attached hydrogen (secondary N) is 1. The molecule has 0 unspecified atom stereocenters. The van der Waals surface area contributed by atoms with Crippen LogP contribution in [0.4, 0.5) is 0 Å². The summed E-state index contributed by atoms with van der Waals surface area (Å²) in [7, 11) is 0. The van der Waals surface area contributed by atoms with Crippen LogP contribution in [-0.4, -0.2) is 28.4 Å². The molecule has 4 nitrogen and oxygen atoms in total. The number of hydrogen-bond acceptors (Lipinski definition) is 5. The molecule has 1 aromatic heterocycles. The highest BCUT2D eigenvalue weighted by molar-refractivity contribution is 7.14. The van der Waals surface area contributed by atoms with Crippen molar-refractivity contribution < 1.29 is 5.11 Å². The molecule has 5 heteroatoms. The molecule has 0 bridgehead atoms. The van der Waals surface area contributed by atoms with Crippen LogP contribution in [-0.2, 0) is 6.42 Å². The summed E-state index contributed by atoms with van der Waals surface area (Å²) in [5.74, 6) is 0.308. The molecular weight excluding hydrogens is 270 g/mol. The van der Waals surface area contributed by atoms with Gasteiger partial charge in [-0.2, -0.15) is 0 Å². The van der Waals surface area contributed by atoms with E-state index in [4.69, 9.17) is 0 Å². The van der Waals surface area contributed by atoms with Crippen LogP contribution in [0.3, 0.4) is 0 Å². The van der Waals surface area contributed by atoms with Crippen LogP contribution in [0.15, 0.2) is 18.2 Å². The largest absolute Gasteiger partial charge is 0.508 e. The molecule has 0 aliphatic carbocycles. The minimum Gasteiger partial charge on any atom is -0.508 e. The van der Waals surface area contributed by atoms with Gasteiger partial charge >= 0.3 is 0 Å². The molecule has 0 atom stereocenters. The first-order valence-corrected chi connectivity index (χ1v) is 7.86. The predicted octanol–water partition coefficient (Wildman–Crippen LogP) is 3.15. The Morgan fingerprint density at radius 3 is 2.90 bits per heavy atom. The van der Waals surface area contributed by atoms with Crippen molar-refractivity contribution >= 4 is 11.3 Å². The predicted molar refractivity (Wildman–Crippen MR) is 83.2 cm³/mol. The number of aromatic nitrogens is 2. The maximum atomic E-state index is 9.74. The van der Waals surface area contributed by atoms with Crippen LogP contribution in [0.1, 0.15) is 30.3 Å². The fraction of sp³-hybridized carbons (Fsp3) is 0.467. The Kier molecular flexibility index (Phi) is 5.49. The Hall–Kier alpha value is -1.46. The molecule has 2 rings (SSSR count). The van der Waals surface area contributed by atoms with Gasteiger partial charge in [-0.05, 0) is 38.9 Å². The zero-order valence-corrected chi connectivity index (χ0v) is 12.8. The Balaban J connectivity index is 1.97. The van der Waals surface area contributed by atoms with Crippen LogP contribution in [0.5, 0.6) is 5.75 Å². The summed E-state index contributed by atoms with van der Waals surface area (Å²) in [6.07, 6.45) is 3.19. The number of aryl methyl sites for hydroxylation is 1. The molecule has 0 radical (unpaired) electrons. The second kappa shape index (κ2) is 7.36. The third kappa shape index (κ3) is 3.77. The van der Waals surface area contributed by atoms with Gasteiger partial charge < -0.3 is 10.4 Å². The molecule has 20 heavy (non-hydrogen) atoms. The topological polar surface area (TPSA) is 58.0 Å². The third-order valence-corrected chi connectivity index (χ3v) is 4.19. The van der Waals surface area contributed by atoms with Crippen molar-refractivity contribution in [2.75, 3.05) is 13.1 Å². The van der Waals surface area contributed by atoms with Crippen molar-refractivity contribution in [3.05, 3.63) is 28.8 Å². The Labute approximate surface area is 123 Å². The molecule has 0 aliphatic rings. The first-order chi connectivity index (χ1) is 9.72. The van der Waals surface area contributed by atoms with Gasteiger partial charge in [0.25, 0.3) is 0 Å². The van der Waals surface area contributed by atoms with E-state index < -0.39 is 0 Å². The van der Waals surface area contributed by atoms with Crippen LogP contribution in [0.2, 0.25) is 0 Å². The van der Waals surface area contributed by atoms with Crippen LogP contribution >= 0.6 is 11.3 Å². The average Bonchev–Trinajstić information content (AvgIpc) is 2.90. The lowest BCUT2D eigenvalue weighted by Crippen LogP contribution is -2.16. The highest BCUT2D eigenvalue weighted by Gasteiger charge is 2.10. The van der Waals surface area contributed by atoms with E-state index in [-0.39, 0.29) is 0 Å². The minimum atomic E-state index is 0.308. The van der Waals surface area contributed by atoms with Gasteiger partial charge in [0, 0.05) is 17.5 Å². The Morgan fingerprint density at radius 1 is 1.25 bits per heavy atom. The fourth-order valence-corrected chi connectivity index (χ4v) is 2.95. The van der Waals surface area contributed by atoms with Gasteiger partial charge in [-0.1, -0.05) is 30.4 Å². The number of rotatable bonds is 7. The Bertz CT molecular complexity index is 554. The summed E-state index contributed by atoms with van der Waals surface area (Å²) >= 11 is 1.61. The van der Waals surface area contributed by atoms with E-state index >= 15 is 0 Å². The van der Waals surface area contributed by atoms with Crippen LogP contribution < -0.4 is 5.32 Å². The van der Waals surface area contributed by atoms with Crippen molar-refractivity contribution in [2.24, 2.45) is 0 Å². The summed E-state index contributed by atoms with van der Waals surface area (Å²) in [6.45, 7) is 6.17. The van der Waals surface area contributed by atoms with Gasteiger partial charge in [-0.25, -0.2) is 0 Å². The monoisotopic (exact) mass is 291 g/mol. The maximum absolute atomic E-state index is 9.74. The molecule has 0 saturated heterocycles. The molecule has 0 saturated carbocycles. The minimum absolute atomic E-state index is 0.308. The quantitative estimate of drug-likeness (QED) is 0.769. The van der Waals surface area contributed by atoms with E-state index in [1.807, 2.05) is 19.1 Å². The normalized spacial score (nSPS) is 10.9. The van der Waals surface area contributed by atoms with E-state index in [0.29, 0.717) is 5.75 Å². The maximum Gasteiger partial charge on any atom is 0.148 e. The van der Waals surface area contributed by atoms with Gasteiger partial charge in [-0.15, -0.1) is 10.2 Å². The van der Waals surface area contributed by atoms with Gasteiger partial charge in [0.05, 0.1) is 0 Å². The fourth-order valence-electron chi connectivity index (χ4n) is 1.99. The lowest BCUT2D eigenvalue weighted by atomic mass is 10.1. The lowest BCUT2D eigenvalue weighted by molar-refractivity contribution is 0.471. The summed E-state index contributed by atoms with van der Waals surface area (Å²) < 4.78 is 0. The number of benzene rings is 1. The van der Waals surface area contributed by atoms with Crippen LogP contribution in [0.25, 0.3) is 10.6 Å². The van der Waals surface area contributed by atoms with Crippen molar-refractivity contribution in [3.63, 3.8) is 0 Å². The second-order valence-electron chi connectivity index (χ2n) is 4.80.